The first-order chi connectivity index (χ1) is 19.7. The SMILES string of the molecule is CCCc1cc(Cl)ccc1C1COc2ccc3cc2N(C1)CC(NC)C(C)C(O)/C=C/CCC(CC)[S+]([O-])NC3=O. The summed E-state index contributed by atoms with van der Waals surface area (Å²) in [7, 11) is 1.92. The highest BCUT2D eigenvalue weighted by atomic mass is 35.5. The van der Waals surface area contributed by atoms with Crippen molar-refractivity contribution in [2.24, 2.45) is 5.92 Å². The maximum atomic E-state index is 13.3. The average molecular weight is 602 g/mol. The molecule has 2 aromatic carbocycles. The van der Waals surface area contributed by atoms with Crippen molar-refractivity contribution in [1.82, 2.24) is 10.0 Å². The molecule has 0 aliphatic carbocycles. The largest absolute Gasteiger partial charge is 0.593 e. The summed E-state index contributed by atoms with van der Waals surface area (Å²) in [5.41, 5.74) is 3.69. The van der Waals surface area contributed by atoms with Crippen molar-refractivity contribution in [3.05, 3.63) is 70.3 Å². The fourth-order valence-electron chi connectivity index (χ4n) is 5.84. The van der Waals surface area contributed by atoms with E-state index in [0.717, 1.165) is 23.6 Å². The topological polar surface area (TPSA) is 96.9 Å². The number of likely N-dealkylation sites (N-methyl/N-ethyl adjacent to an activating group) is 1. The van der Waals surface area contributed by atoms with Crippen LogP contribution in [-0.2, 0) is 17.8 Å². The number of hydrogen-bond acceptors (Lipinski definition) is 6. The molecule has 1 amide bonds. The van der Waals surface area contributed by atoms with Crippen LogP contribution >= 0.6 is 11.6 Å². The van der Waals surface area contributed by atoms with E-state index in [-0.39, 0.29) is 29.0 Å². The third-order valence-electron chi connectivity index (χ3n) is 8.41. The van der Waals surface area contributed by atoms with Crippen LogP contribution in [0.1, 0.15) is 73.9 Å². The fourth-order valence-corrected chi connectivity index (χ4v) is 7.15. The molecule has 2 aliphatic rings. The zero-order chi connectivity index (χ0) is 29.5. The molecule has 41 heavy (non-hydrogen) atoms. The number of aryl methyl sites for hydroxylation is 1. The molecule has 3 N–H and O–H groups in total. The molecule has 9 heteroatoms. The molecular weight excluding hydrogens is 558 g/mol. The summed E-state index contributed by atoms with van der Waals surface area (Å²) in [5.74, 6) is 0.333. The van der Waals surface area contributed by atoms with Gasteiger partial charge in [0.05, 0.1) is 29.8 Å². The van der Waals surface area contributed by atoms with Crippen LogP contribution in [0.3, 0.4) is 0 Å². The normalized spacial score (nSPS) is 28.4. The van der Waals surface area contributed by atoms with Crippen LogP contribution in [0.15, 0.2) is 48.6 Å². The zero-order valence-corrected chi connectivity index (χ0v) is 26.1. The van der Waals surface area contributed by atoms with Crippen molar-refractivity contribution in [3.8, 4) is 5.75 Å². The molecule has 0 saturated heterocycles. The van der Waals surface area contributed by atoms with Gasteiger partial charge in [-0.25, -0.2) is 0 Å². The Morgan fingerprint density at radius 2 is 2.02 bits per heavy atom. The van der Waals surface area contributed by atoms with Gasteiger partial charge in [-0.2, -0.15) is 4.72 Å². The molecule has 6 unspecified atom stereocenters. The molecule has 0 saturated carbocycles. The van der Waals surface area contributed by atoms with E-state index in [1.165, 1.54) is 11.1 Å². The molecule has 2 aromatic rings. The smallest absolute Gasteiger partial charge is 0.292 e. The molecule has 0 radical (unpaired) electrons. The maximum absolute atomic E-state index is 13.3. The quantitative estimate of drug-likeness (QED) is 0.314. The van der Waals surface area contributed by atoms with Crippen LogP contribution in [0.4, 0.5) is 5.69 Å². The summed E-state index contributed by atoms with van der Waals surface area (Å²) < 4.78 is 22.2. The second-order valence-corrected chi connectivity index (χ2v) is 13.1. The lowest BCUT2D eigenvalue weighted by molar-refractivity contribution is 0.0980. The van der Waals surface area contributed by atoms with Gasteiger partial charge in [0.1, 0.15) is 11.0 Å². The number of allylic oxidation sites excluding steroid dienone is 1. The summed E-state index contributed by atoms with van der Waals surface area (Å²) in [6.45, 7) is 7.94. The first-order valence-electron chi connectivity index (χ1n) is 14.8. The third kappa shape index (κ3) is 7.79. The van der Waals surface area contributed by atoms with Gasteiger partial charge in [-0.15, -0.1) is 0 Å². The Hall–Kier alpha value is -2.23. The molecule has 2 aliphatic heterocycles. The number of carbonyl (C=O) groups excluding carboxylic acids is 1. The average Bonchev–Trinajstić information content (AvgIpc) is 3.14. The molecule has 6 atom stereocenters. The number of anilines is 1. The van der Waals surface area contributed by atoms with Crippen molar-refractivity contribution >= 4 is 34.6 Å². The van der Waals surface area contributed by atoms with Crippen molar-refractivity contribution in [2.75, 3.05) is 31.6 Å². The lowest BCUT2D eigenvalue weighted by Crippen LogP contribution is -2.47. The number of ether oxygens (including phenoxy) is 1. The van der Waals surface area contributed by atoms with E-state index in [4.69, 9.17) is 16.3 Å². The minimum absolute atomic E-state index is 0.0390. The minimum Gasteiger partial charge on any atom is -0.593 e. The molecule has 0 spiro atoms. The Balaban J connectivity index is 1.76. The van der Waals surface area contributed by atoms with E-state index >= 15 is 0 Å². The standard InChI is InChI=1S/C32H44ClN3O4S/c1-5-9-22-16-25(33)13-14-27(22)24-18-36-19-28(34-4)21(3)30(37)11-8-7-10-26(6-2)41(39)35-32(38)23-12-15-31(40-20-24)29(36)17-23/h8,11-17,21,24,26,28,30,34,37H,5-7,9-10,18-20H2,1-4H3,(H,35,38)/b11-8+. The van der Waals surface area contributed by atoms with Crippen molar-refractivity contribution < 1.29 is 19.2 Å². The number of aliphatic hydroxyl groups is 1. The molecular formula is C32H44ClN3O4S. The number of carbonyl (C=O) groups is 1. The monoisotopic (exact) mass is 601 g/mol. The maximum Gasteiger partial charge on any atom is 0.292 e. The summed E-state index contributed by atoms with van der Waals surface area (Å²) in [6, 6.07) is 11.5. The summed E-state index contributed by atoms with van der Waals surface area (Å²) in [4.78, 5) is 15.5. The van der Waals surface area contributed by atoms with E-state index in [1.807, 2.05) is 44.3 Å². The Kier molecular flexibility index (Phi) is 11.4. The van der Waals surface area contributed by atoms with Crippen LogP contribution in [0.25, 0.3) is 0 Å². The molecule has 0 aromatic heterocycles. The van der Waals surface area contributed by atoms with Crippen molar-refractivity contribution in [1.29, 1.82) is 0 Å². The number of nitrogens with zero attached hydrogens (tertiary/aromatic N) is 1. The van der Waals surface area contributed by atoms with E-state index < -0.39 is 17.5 Å². The Bertz CT molecular complexity index is 1210. The lowest BCUT2D eigenvalue weighted by Gasteiger charge is -2.34. The highest BCUT2D eigenvalue weighted by Gasteiger charge is 2.32. The van der Waals surface area contributed by atoms with Crippen molar-refractivity contribution in [3.63, 3.8) is 0 Å². The minimum atomic E-state index is -1.52. The number of halogens is 1. The van der Waals surface area contributed by atoms with Crippen LogP contribution in [0.2, 0.25) is 5.02 Å². The van der Waals surface area contributed by atoms with E-state index in [2.05, 4.69) is 40.9 Å². The van der Waals surface area contributed by atoms with Gasteiger partial charge in [0.2, 0.25) is 0 Å². The van der Waals surface area contributed by atoms with E-state index in [0.29, 0.717) is 50.3 Å². The lowest BCUT2D eigenvalue weighted by atomic mass is 9.91. The molecule has 4 rings (SSSR count). The highest BCUT2D eigenvalue weighted by Crippen LogP contribution is 2.37. The fraction of sp³-hybridized carbons (Fsp3) is 0.531. The third-order valence-corrected chi connectivity index (χ3v) is 10.2. The Morgan fingerprint density at radius 3 is 2.76 bits per heavy atom. The van der Waals surface area contributed by atoms with Gasteiger partial charge in [0.15, 0.2) is 0 Å². The van der Waals surface area contributed by atoms with Crippen molar-refractivity contribution in [2.45, 2.75) is 76.2 Å². The first kappa shape index (κ1) is 31.7. The summed E-state index contributed by atoms with van der Waals surface area (Å²) >= 11 is 4.86. The van der Waals surface area contributed by atoms with E-state index in [1.54, 1.807) is 6.07 Å². The molecule has 224 valence electrons. The predicted molar refractivity (Wildman–Crippen MR) is 168 cm³/mol. The Labute approximate surface area is 253 Å². The van der Waals surface area contributed by atoms with Gasteiger partial charge in [0, 0.05) is 48.0 Å². The van der Waals surface area contributed by atoms with Gasteiger partial charge in [-0.05, 0) is 67.8 Å². The second-order valence-electron chi connectivity index (χ2n) is 11.2. The van der Waals surface area contributed by atoms with Gasteiger partial charge in [-0.1, -0.05) is 57.0 Å². The number of nitrogens with one attached hydrogen (secondary N) is 2. The molecule has 0 fully saturated rings. The number of fused-ring (bicyclic) bond motifs is 1. The summed E-state index contributed by atoms with van der Waals surface area (Å²) in [6.07, 6.45) is 7.13. The van der Waals surface area contributed by atoms with Gasteiger partial charge in [0.25, 0.3) is 5.91 Å². The molecule has 2 heterocycles. The van der Waals surface area contributed by atoms with Crippen LogP contribution in [-0.4, -0.2) is 59.7 Å². The Morgan fingerprint density at radius 1 is 1.22 bits per heavy atom. The predicted octanol–water partition coefficient (Wildman–Crippen LogP) is 5.38. The summed E-state index contributed by atoms with van der Waals surface area (Å²) in [5, 5.41) is 15.1. The van der Waals surface area contributed by atoms with Gasteiger partial charge >= 0.3 is 0 Å². The first-order valence-corrected chi connectivity index (χ1v) is 16.4. The van der Waals surface area contributed by atoms with E-state index in [9.17, 15) is 14.5 Å². The zero-order valence-electron chi connectivity index (χ0n) is 24.6. The number of aliphatic hydroxyl groups excluding tert-OH is 1. The number of amides is 1. The van der Waals surface area contributed by atoms with Crippen LogP contribution < -0.4 is 19.7 Å². The van der Waals surface area contributed by atoms with Crippen LogP contribution in [0, 0.1) is 5.92 Å². The second kappa shape index (κ2) is 14.8. The van der Waals surface area contributed by atoms with Gasteiger partial charge in [-0.3, -0.25) is 4.79 Å². The molecule has 7 nitrogen and oxygen atoms in total. The highest BCUT2D eigenvalue weighted by molar-refractivity contribution is 7.90. The number of rotatable bonds is 5. The van der Waals surface area contributed by atoms with Gasteiger partial charge < -0.3 is 24.6 Å². The number of benzene rings is 2. The molecule has 2 bridgehead atoms. The van der Waals surface area contributed by atoms with Crippen LogP contribution in [0.5, 0.6) is 5.75 Å². The number of hydrogen-bond donors (Lipinski definition) is 3.